The topological polar surface area (TPSA) is 26.3 Å². The van der Waals surface area contributed by atoms with Gasteiger partial charge in [-0.2, -0.15) is 0 Å². The van der Waals surface area contributed by atoms with Crippen LogP contribution in [0, 0.1) is 16.2 Å². The zero-order valence-corrected chi connectivity index (χ0v) is 18.6. The quantitative estimate of drug-likeness (QED) is 0.538. The molecule has 0 fully saturated rings. The van der Waals surface area contributed by atoms with Gasteiger partial charge in [-0.1, -0.05) is 77.9 Å². The summed E-state index contributed by atoms with van der Waals surface area (Å²) in [4.78, 5) is 13.4. The van der Waals surface area contributed by atoms with Crippen LogP contribution in [0.15, 0.2) is 42.5 Å². The van der Waals surface area contributed by atoms with Crippen LogP contribution in [-0.2, 0) is 15.1 Å². The second-order valence-corrected chi connectivity index (χ2v) is 10.8. The highest BCUT2D eigenvalue weighted by molar-refractivity contribution is 5.83. The lowest BCUT2D eigenvalue weighted by atomic mass is 9.61. The molecule has 0 aromatic heterocycles. The van der Waals surface area contributed by atoms with Crippen molar-refractivity contribution in [3.63, 3.8) is 0 Å². The first-order chi connectivity index (χ1) is 12.2. The number of carbonyl (C=O) groups is 1. The van der Waals surface area contributed by atoms with Crippen molar-refractivity contribution in [1.29, 1.82) is 0 Å². The van der Waals surface area contributed by atoms with Crippen LogP contribution in [0.25, 0.3) is 10.8 Å². The fourth-order valence-corrected chi connectivity index (χ4v) is 3.67. The van der Waals surface area contributed by atoms with Gasteiger partial charge >= 0.3 is 5.97 Å². The molecule has 0 bridgehead atoms. The number of carbonyl (C=O) groups excluding carboxylic acids is 1. The first-order valence-corrected chi connectivity index (χ1v) is 9.88. The summed E-state index contributed by atoms with van der Waals surface area (Å²) in [5.74, 6) is -0.122. The molecule has 2 rings (SSSR count). The minimum absolute atomic E-state index is 0.0359. The van der Waals surface area contributed by atoms with Gasteiger partial charge in [0, 0.05) is 0 Å². The Labute approximate surface area is 165 Å². The van der Waals surface area contributed by atoms with Gasteiger partial charge in [-0.25, -0.2) is 0 Å². The van der Waals surface area contributed by atoms with E-state index in [0.29, 0.717) is 0 Å². The molecule has 0 N–H and O–H groups in total. The fourth-order valence-electron chi connectivity index (χ4n) is 3.67. The molecule has 0 saturated carbocycles. The lowest BCUT2D eigenvalue weighted by Gasteiger charge is -2.45. The van der Waals surface area contributed by atoms with Crippen LogP contribution in [0.3, 0.4) is 0 Å². The van der Waals surface area contributed by atoms with E-state index >= 15 is 0 Å². The second kappa shape index (κ2) is 6.96. The van der Waals surface area contributed by atoms with Crippen molar-refractivity contribution in [1.82, 2.24) is 0 Å². The van der Waals surface area contributed by atoms with Crippen LogP contribution in [-0.4, -0.2) is 5.97 Å². The average molecular weight is 369 g/mol. The molecule has 27 heavy (non-hydrogen) atoms. The maximum Gasteiger partial charge on any atom is 0.313 e. The minimum atomic E-state index is -0.689. The van der Waals surface area contributed by atoms with E-state index in [2.05, 4.69) is 78.8 Å². The van der Waals surface area contributed by atoms with E-state index in [1.54, 1.807) is 0 Å². The van der Waals surface area contributed by atoms with Crippen molar-refractivity contribution >= 4 is 16.7 Å². The van der Waals surface area contributed by atoms with E-state index in [0.717, 1.165) is 17.4 Å². The summed E-state index contributed by atoms with van der Waals surface area (Å²) in [6.07, 6.45) is 0.774. The summed E-state index contributed by atoms with van der Waals surface area (Å²) in [5.41, 5.74) is -0.405. The Morgan fingerprint density at radius 1 is 0.815 bits per heavy atom. The number of fused-ring (bicyclic) bond motifs is 1. The maximum absolute atomic E-state index is 13.4. The Bertz CT molecular complexity index is 818. The fraction of sp³-hybridized carbons (Fsp3) is 0.560. The third kappa shape index (κ3) is 4.72. The zero-order chi connectivity index (χ0) is 20.7. The van der Waals surface area contributed by atoms with Crippen LogP contribution in [0.5, 0.6) is 0 Å². The van der Waals surface area contributed by atoms with Crippen LogP contribution >= 0.6 is 0 Å². The number of benzene rings is 2. The molecule has 0 amide bonds. The predicted molar refractivity (Wildman–Crippen MR) is 115 cm³/mol. The molecule has 2 aromatic carbocycles. The van der Waals surface area contributed by atoms with Gasteiger partial charge in [-0.15, -0.1) is 0 Å². The molecule has 148 valence electrons. The third-order valence-corrected chi connectivity index (χ3v) is 5.78. The van der Waals surface area contributed by atoms with Gasteiger partial charge in [0.1, 0.15) is 5.60 Å². The van der Waals surface area contributed by atoms with Crippen molar-refractivity contribution in [2.24, 2.45) is 16.2 Å². The lowest BCUT2D eigenvalue weighted by Crippen LogP contribution is -2.46. The van der Waals surface area contributed by atoms with E-state index in [4.69, 9.17) is 4.74 Å². The van der Waals surface area contributed by atoms with Crippen molar-refractivity contribution in [3.05, 3.63) is 48.0 Å². The Morgan fingerprint density at radius 2 is 1.37 bits per heavy atom. The van der Waals surface area contributed by atoms with Gasteiger partial charge in [0.25, 0.3) is 0 Å². The van der Waals surface area contributed by atoms with Crippen LogP contribution in [0.2, 0.25) is 0 Å². The van der Waals surface area contributed by atoms with Gasteiger partial charge in [0.05, 0.1) is 5.41 Å². The molecule has 2 nitrogen and oxygen atoms in total. The molecule has 0 spiro atoms. The van der Waals surface area contributed by atoms with E-state index in [1.165, 1.54) is 5.39 Å². The molecule has 0 aliphatic carbocycles. The molecule has 2 aromatic rings. The van der Waals surface area contributed by atoms with Gasteiger partial charge in [0.15, 0.2) is 0 Å². The SMILES string of the molecule is CC(C)(C)CC(C)(C(=O)OC(C)(C)c1ccc2ccccc2c1)C(C)(C)C. The predicted octanol–water partition coefficient (Wildman–Crippen LogP) is 7.11. The molecule has 2 heteroatoms. The molecule has 0 radical (unpaired) electrons. The summed E-state index contributed by atoms with van der Waals surface area (Å²) in [7, 11) is 0. The highest BCUT2D eigenvalue weighted by atomic mass is 16.6. The summed E-state index contributed by atoms with van der Waals surface area (Å²) < 4.78 is 6.17. The lowest BCUT2D eigenvalue weighted by molar-refractivity contribution is -0.179. The van der Waals surface area contributed by atoms with Crippen molar-refractivity contribution in [3.8, 4) is 0 Å². The second-order valence-electron chi connectivity index (χ2n) is 10.8. The van der Waals surface area contributed by atoms with E-state index in [9.17, 15) is 4.79 Å². The molecule has 0 heterocycles. The van der Waals surface area contributed by atoms with Crippen LogP contribution in [0.4, 0.5) is 0 Å². The number of esters is 1. The molecular formula is C25H36O2. The van der Waals surface area contributed by atoms with Crippen LogP contribution < -0.4 is 0 Å². The van der Waals surface area contributed by atoms with Crippen molar-refractivity contribution in [2.45, 2.75) is 74.3 Å². The Kier molecular flexibility index (Phi) is 5.54. The highest BCUT2D eigenvalue weighted by Gasteiger charge is 2.49. The van der Waals surface area contributed by atoms with Gasteiger partial charge in [-0.05, 0) is 60.4 Å². The number of rotatable bonds is 4. The van der Waals surface area contributed by atoms with E-state index in [1.807, 2.05) is 26.0 Å². The van der Waals surface area contributed by atoms with Gasteiger partial charge < -0.3 is 4.74 Å². The number of ether oxygens (including phenoxy) is 1. The molecule has 1 unspecified atom stereocenters. The minimum Gasteiger partial charge on any atom is -0.454 e. The summed E-state index contributed by atoms with van der Waals surface area (Å²) in [6, 6.07) is 14.5. The Morgan fingerprint density at radius 3 is 1.89 bits per heavy atom. The maximum atomic E-state index is 13.4. The van der Waals surface area contributed by atoms with Gasteiger partial charge in [-0.3, -0.25) is 4.79 Å². The highest BCUT2D eigenvalue weighted by Crippen LogP contribution is 2.48. The molecular weight excluding hydrogens is 332 g/mol. The average Bonchev–Trinajstić information content (AvgIpc) is 2.51. The van der Waals surface area contributed by atoms with Gasteiger partial charge in [0.2, 0.25) is 0 Å². The van der Waals surface area contributed by atoms with E-state index in [-0.39, 0.29) is 16.8 Å². The smallest absolute Gasteiger partial charge is 0.313 e. The van der Waals surface area contributed by atoms with Crippen molar-refractivity contribution < 1.29 is 9.53 Å². The largest absolute Gasteiger partial charge is 0.454 e. The molecule has 0 saturated heterocycles. The number of hydrogen-bond donors (Lipinski definition) is 0. The standard InChI is InChI=1S/C25H36O2/c1-22(2,3)17-25(9,23(4,5)6)21(26)27-24(7,8)20-15-14-18-12-10-11-13-19(18)16-20/h10-16H,17H2,1-9H3. The monoisotopic (exact) mass is 368 g/mol. The molecule has 0 aliphatic rings. The molecule has 1 atom stereocenters. The molecule has 0 aliphatic heterocycles. The summed E-state index contributed by atoms with van der Waals surface area (Å²) >= 11 is 0. The first kappa shape index (κ1) is 21.5. The van der Waals surface area contributed by atoms with Crippen molar-refractivity contribution in [2.75, 3.05) is 0 Å². The number of hydrogen-bond acceptors (Lipinski definition) is 2. The Balaban J connectivity index is 2.36. The third-order valence-electron chi connectivity index (χ3n) is 5.78. The van der Waals surface area contributed by atoms with E-state index < -0.39 is 11.0 Å². The Hall–Kier alpha value is -1.83. The normalized spacial score (nSPS) is 15.4. The summed E-state index contributed by atoms with van der Waals surface area (Å²) in [6.45, 7) is 18.9. The zero-order valence-electron chi connectivity index (χ0n) is 18.6. The first-order valence-electron chi connectivity index (χ1n) is 9.88. The summed E-state index contributed by atoms with van der Waals surface area (Å²) in [5, 5.41) is 2.35. The van der Waals surface area contributed by atoms with Crippen LogP contribution in [0.1, 0.15) is 74.3 Å².